The van der Waals surface area contributed by atoms with Gasteiger partial charge in [-0.15, -0.1) is 11.8 Å². The molecule has 0 fully saturated rings. The molecule has 2 heterocycles. The van der Waals surface area contributed by atoms with Crippen LogP contribution in [0.4, 0.5) is 0 Å². The molecule has 1 aromatic carbocycles. The minimum atomic E-state index is 0.00789. The van der Waals surface area contributed by atoms with Gasteiger partial charge in [0.1, 0.15) is 5.03 Å². The van der Waals surface area contributed by atoms with E-state index in [1.165, 1.54) is 23.4 Å². The quantitative estimate of drug-likeness (QED) is 0.325. The number of fused-ring (bicyclic) bond motifs is 1. The number of hydrogen-bond acceptors (Lipinski definition) is 3. The van der Waals surface area contributed by atoms with Crippen molar-refractivity contribution in [1.29, 1.82) is 0 Å². The second kappa shape index (κ2) is 7.20. The second-order valence-corrected chi connectivity index (χ2v) is 8.61. The third-order valence-corrected chi connectivity index (χ3v) is 5.39. The maximum atomic E-state index is 5.02. The zero-order chi connectivity index (χ0) is 18.0. The van der Waals surface area contributed by atoms with Crippen molar-refractivity contribution in [2.45, 2.75) is 57.9 Å². The Bertz CT molecular complexity index is 860. The van der Waals surface area contributed by atoms with E-state index in [1.54, 1.807) is 0 Å². The number of hydrogen-bond donors (Lipinski definition) is 0. The maximum Gasteiger partial charge on any atom is 0.164 e. The summed E-state index contributed by atoms with van der Waals surface area (Å²) in [7, 11) is 0. The Morgan fingerprint density at radius 1 is 1.12 bits per heavy atom. The molecule has 0 amide bonds. The first-order valence-corrected chi connectivity index (χ1v) is 9.99. The molecular weight excluding hydrogens is 326 g/mol. The van der Waals surface area contributed by atoms with Crippen LogP contribution in [0.2, 0.25) is 0 Å². The first kappa shape index (κ1) is 18.0. The van der Waals surface area contributed by atoms with Gasteiger partial charge in [0.2, 0.25) is 0 Å². The van der Waals surface area contributed by atoms with Crippen molar-refractivity contribution in [3.05, 3.63) is 47.8 Å². The predicted octanol–water partition coefficient (Wildman–Crippen LogP) is 5.89. The summed E-state index contributed by atoms with van der Waals surface area (Å²) in [6.07, 6.45) is 2.42. The van der Waals surface area contributed by atoms with E-state index in [9.17, 15) is 0 Å². The molecule has 3 rings (SSSR count). The van der Waals surface area contributed by atoms with Crippen molar-refractivity contribution in [3.8, 4) is 11.1 Å². The molecule has 0 radical (unpaired) electrons. The summed E-state index contributed by atoms with van der Waals surface area (Å²) in [5, 5.41) is 6.01. The summed E-state index contributed by atoms with van der Waals surface area (Å²) >= 11 is 1.88. The van der Waals surface area contributed by atoms with Crippen molar-refractivity contribution in [2.75, 3.05) is 5.75 Å². The SMILES string of the molecule is CCCCSc1cc(C(C)(C)C)nc2c(-c3ccccc3)c(C)nn12. The van der Waals surface area contributed by atoms with Crippen LogP contribution >= 0.6 is 11.8 Å². The summed E-state index contributed by atoms with van der Waals surface area (Å²) in [4.78, 5) is 5.02. The van der Waals surface area contributed by atoms with Gasteiger partial charge in [0.15, 0.2) is 5.65 Å². The molecule has 0 unspecified atom stereocenters. The van der Waals surface area contributed by atoms with Gasteiger partial charge in [-0.05, 0) is 30.7 Å². The highest BCUT2D eigenvalue weighted by Crippen LogP contribution is 2.33. The summed E-state index contributed by atoms with van der Waals surface area (Å²) in [6.45, 7) is 11.0. The first-order chi connectivity index (χ1) is 11.9. The molecule has 2 aromatic heterocycles. The molecule has 0 saturated heterocycles. The molecule has 132 valence electrons. The van der Waals surface area contributed by atoms with Crippen LogP contribution in [0.1, 0.15) is 51.9 Å². The van der Waals surface area contributed by atoms with Crippen LogP contribution in [0.15, 0.2) is 41.4 Å². The number of nitrogens with zero attached hydrogens (tertiary/aromatic N) is 3. The number of benzene rings is 1. The molecule has 0 saturated carbocycles. The first-order valence-electron chi connectivity index (χ1n) is 9.01. The van der Waals surface area contributed by atoms with E-state index in [4.69, 9.17) is 10.1 Å². The van der Waals surface area contributed by atoms with Crippen molar-refractivity contribution >= 4 is 17.4 Å². The zero-order valence-electron chi connectivity index (χ0n) is 15.8. The molecule has 0 aliphatic heterocycles. The standard InChI is InChI=1S/C21H27N3S/c1-6-7-13-25-18-14-17(21(3,4)5)22-20-19(15(2)23-24(18)20)16-11-9-8-10-12-16/h8-12,14H,6-7,13H2,1-5H3. The lowest BCUT2D eigenvalue weighted by Gasteiger charge is -2.19. The number of unbranched alkanes of at least 4 members (excludes halogenated alkanes) is 1. The Labute approximate surface area is 154 Å². The molecule has 0 N–H and O–H groups in total. The summed E-state index contributed by atoms with van der Waals surface area (Å²) < 4.78 is 2.03. The Kier molecular flexibility index (Phi) is 5.19. The third-order valence-electron chi connectivity index (χ3n) is 4.31. The zero-order valence-corrected chi connectivity index (χ0v) is 16.7. The molecule has 25 heavy (non-hydrogen) atoms. The normalized spacial score (nSPS) is 12.0. The average molecular weight is 354 g/mol. The lowest BCUT2D eigenvalue weighted by atomic mass is 9.92. The molecule has 0 bridgehead atoms. The van der Waals surface area contributed by atoms with E-state index in [1.807, 2.05) is 22.3 Å². The van der Waals surface area contributed by atoms with Crippen molar-refractivity contribution in [1.82, 2.24) is 14.6 Å². The van der Waals surface area contributed by atoms with Crippen LogP contribution in [0.5, 0.6) is 0 Å². The van der Waals surface area contributed by atoms with Crippen LogP contribution in [-0.4, -0.2) is 20.4 Å². The van der Waals surface area contributed by atoms with Crippen molar-refractivity contribution in [2.24, 2.45) is 0 Å². The fourth-order valence-electron chi connectivity index (χ4n) is 2.85. The Morgan fingerprint density at radius 2 is 1.84 bits per heavy atom. The number of aromatic nitrogens is 3. The lowest BCUT2D eigenvalue weighted by Crippen LogP contribution is -2.15. The van der Waals surface area contributed by atoms with Crippen LogP contribution < -0.4 is 0 Å². The smallest absolute Gasteiger partial charge is 0.164 e. The molecule has 4 heteroatoms. The number of aryl methyl sites for hydroxylation is 1. The number of rotatable bonds is 5. The fraction of sp³-hybridized carbons (Fsp3) is 0.429. The lowest BCUT2D eigenvalue weighted by molar-refractivity contribution is 0.563. The second-order valence-electron chi connectivity index (χ2n) is 7.49. The van der Waals surface area contributed by atoms with E-state index < -0.39 is 0 Å². The van der Waals surface area contributed by atoms with Crippen LogP contribution in [0.3, 0.4) is 0 Å². The van der Waals surface area contributed by atoms with E-state index in [0.29, 0.717) is 0 Å². The van der Waals surface area contributed by atoms with Gasteiger partial charge in [0.25, 0.3) is 0 Å². The molecular formula is C21H27N3S. The Morgan fingerprint density at radius 3 is 2.48 bits per heavy atom. The van der Waals surface area contributed by atoms with Gasteiger partial charge in [0.05, 0.1) is 11.4 Å². The molecule has 0 aliphatic carbocycles. The Hall–Kier alpha value is -1.81. The highest BCUT2D eigenvalue weighted by atomic mass is 32.2. The topological polar surface area (TPSA) is 30.2 Å². The van der Waals surface area contributed by atoms with Crippen LogP contribution in [0.25, 0.3) is 16.8 Å². The van der Waals surface area contributed by atoms with E-state index >= 15 is 0 Å². The number of thioether (sulfide) groups is 1. The highest BCUT2D eigenvalue weighted by molar-refractivity contribution is 7.99. The fourth-order valence-corrected chi connectivity index (χ4v) is 3.93. The third kappa shape index (κ3) is 3.74. The van der Waals surface area contributed by atoms with Crippen LogP contribution in [-0.2, 0) is 5.41 Å². The predicted molar refractivity (Wildman–Crippen MR) is 107 cm³/mol. The van der Waals surface area contributed by atoms with Gasteiger partial charge in [-0.2, -0.15) is 5.10 Å². The van der Waals surface area contributed by atoms with Crippen molar-refractivity contribution < 1.29 is 0 Å². The van der Waals surface area contributed by atoms with Gasteiger partial charge in [0, 0.05) is 11.0 Å². The molecule has 0 spiro atoms. The summed E-state index contributed by atoms with van der Waals surface area (Å²) in [5.41, 5.74) is 5.45. The molecule has 0 atom stereocenters. The van der Waals surface area contributed by atoms with Gasteiger partial charge in [-0.25, -0.2) is 9.50 Å². The van der Waals surface area contributed by atoms with E-state index in [-0.39, 0.29) is 5.41 Å². The van der Waals surface area contributed by atoms with Crippen molar-refractivity contribution in [3.63, 3.8) is 0 Å². The molecule has 3 aromatic rings. The minimum Gasteiger partial charge on any atom is -0.232 e. The summed E-state index contributed by atoms with van der Waals surface area (Å²) in [5.74, 6) is 1.11. The highest BCUT2D eigenvalue weighted by Gasteiger charge is 2.22. The van der Waals surface area contributed by atoms with Gasteiger partial charge in [-0.1, -0.05) is 64.4 Å². The maximum absolute atomic E-state index is 5.02. The van der Waals surface area contributed by atoms with Gasteiger partial charge < -0.3 is 0 Å². The van der Waals surface area contributed by atoms with Gasteiger partial charge >= 0.3 is 0 Å². The monoisotopic (exact) mass is 353 g/mol. The van der Waals surface area contributed by atoms with E-state index in [0.717, 1.165) is 28.4 Å². The van der Waals surface area contributed by atoms with E-state index in [2.05, 4.69) is 65.0 Å². The average Bonchev–Trinajstić information content (AvgIpc) is 2.91. The minimum absolute atomic E-state index is 0.00789. The van der Waals surface area contributed by atoms with Crippen LogP contribution in [0, 0.1) is 6.92 Å². The molecule has 3 nitrogen and oxygen atoms in total. The Balaban J connectivity index is 2.22. The molecule has 0 aliphatic rings. The van der Waals surface area contributed by atoms with Gasteiger partial charge in [-0.3, -0.25) is 0 Å². The summed E-state index contributed by atoms with van der Waals surface area (Å²) in [6, 6.07) is 12.7. The largest absolute Gasteiger partial charge is 0.232 e.